The van der Waals surface area contributed by atoms with Gasteiger partial charge in [-0.1, -0.05) is 47.0 Å². The van der Waals surface area contributed by atoms with Crippen LogP contribution in [0.2, 0.25) is 0 Å². The first kappa shape index (κ1) is 14.1. The van der Waals surface area contributed by atoms with Gasteiger partial charge in [0, 0.05) is 0 Å². The second-order valence-electron chi connectivity index (χ2n) is 5.60. The first-order valence-electron chi connectivity index (χ1n) is 6.68. The number of hydrogen-bond donors (Lipinski definition) is 0. The average Bonchev–Trinajstić information content (AvgIpc) is 2.25. The van der Waals surface area contributed by atoms with Crippen LogP contribution in [0.25, 0.3) is 0 Å². The van der Waals surface area contributed by atoms with Crippen molar-refractivity contribution in [3.63, 3.8) is 0 Å². The Morgan fingerprint density at radius 3 is 1.58 bits per heavy atom. The molecule has 0 amide bonds. The van der Waals surface area contributed by atoms with E-state index in [0.717, 1.165) is 0 Å². The molecule has 0 nitrogen and oxygen atoms in total. The van der Waals surface area contributed by atoms with Gasteiger partial charge < -0.3 is 0 Å². The van der Waals surface area contributed by atoms with Crippen LogP contribution in [0.4, 0.5) is 0 Å². The van der Waals surface area contributed by atoms with Crippen LogP contribution in [-0.4, -0.2) is 0 Å². The lowest BCUT2D eigenvalue weighted by Gasteiger charge is -2.18. The van der Waals surface area contributed by atoms with Crippen molar-refractivity contribution in [2.75, 3.05) is 0 Å². The molecule has 1 heteroatoms. The molecule has 2 aromatic rings. The van der Waals surface area contributed by atoms with Crippen LogP contribution in [0.5, 0.6) is 0 Å². The predicted octanol–water partition coefficient (Wildman–Crippen LogP) is 5.56. The van der Waals surface area contributed by atoms with Crippen molar-refractivity contribution in [1.29, 1.82) is 0 Å². The zero-order valence-electron chi connectivity index (χ0n) is 12.3. The summed E-state index contributed by atoms with van der Waals surface area (Å²) in [5.74, 6) is 0. The van der Waals surface area contributed by atoms with E-state index >= 15 is 0 Å². The molecule has 0 fully saturated rings. The Hall–Kier alpha value is -1.27. The second-order valence-corrected chi connectivity index (χ2v) is 6.03. The molecule has 2 rings (SSSR count). The molecule has 0 N–H and O–H groups in total. The van der Waals surface area contributed by atoms with E-state index in [2.05, 4.69) is 65.0 Å². The monoisotopic (exact) mass is 272 g/mol. The lowest BCUT2D eigenvalue weighted by Crippen LogP contribution is -2.01. The van der Waals surface area contributed by atoms with Crippen LogP contribution in [0, 0.1) is 34.6 Å². The fourth-order valence-corrected chi connectivity index (χ4v) is 3.38. The van der Waals surface area contributed by atoms with Gasteiger partial charge in [-0.2, -0.15) is 0 Å². The Morgan fingerprint density at radius 2 is 1.11 bits per heavy atom. The Morgan fingerprint density at radius 1 is 0.684 bits per heavy atom. The normalized spacial score (nSPS) is 12.5. The maximum atomic E-state index is 6.74. The number of rotatable bonds is 2. The van der Waals surface area contributed by atoms with E-state index in [0.29, 0.717) is 0 Å². The highest BCUT2D eigenvalue weighted by molar-refractivity contribution is 6.22. The third kappa shape index (κ3) is 3.01. The molecule has 0 saturated carbocycles. The molecule has 0 aliphatic rings. The van der Waals surface area contributed by atoms with Gasteiger partial charge in [-0.05, 0) is 56.9 Å². The average molecular weight is 273 g/mol. The maximum Gasteiger partial charge on any atom is 0.0840 e. The SMILES string of the molecule is Cc1cc(C)cc(C(Cl)c2c(C)cc(C)cc2C)c1. The zero-order chi connectivity index (χ0) is 14.2. The summed E-state index contributed by atoms with van der Waals surface area (Å²) < 4.78 is 0. The van der Waals surface area contributed by atoms with Crippen molar-refractivity contribution < 1.29 is 0 Å². The molecule has 0 bridgehead atoms. The van der Waals surface area contributed by atoms with E-state index in [1.165, 1.54) is 38.9 Å². The molecule has 100 valence electrons. The van der Waals surface area contributed by atoms with Crippen LogP contribution >= 0.6 is 11.6 Å². The molecule has 19 heavy (non-hydrogen) atoms. The predicted molar refractivity (Wildman–Crippen MR) is 84.3 cm³/mol. The number of hydrogen-bond acceptors (Lipinski definition) is 0. The number of benzene rings is 2. The van der Waals surface area contributed by atoms with Crippen molar-refractivity contribution in [1.82, 2.24) is 0 Å². The van der Waals surface area contributed by atoms with E-state index in [1.807, 2.05) is 0 Å². The van der Waals surface area contributed by atoms with Gasteiger partial charge in [0.1, 0.15) is 0 Å². The van der Waals surface area contributed by atoms with E-state index in [-0.39, 0.29) is 5.38 Å². The summed E-state index contributed by atoms with van der Waals surface area (Å²) in [6.07, 6.45) is 0. The third-order valence-electron chi connectivity index (χ3n) is 3.53. The first-order chi connectivity index (χ1) is 8.88. The van der Waals surface area contributed by atoms with Crippen molar-refractivity contribution in [3.8, 4) is 0 Å². The van der Waals surface area contributed by atoms with E-state index in [4.69, 9.17) is 11.6 Å². The standard InChI is InChI=1S/C18H21Cl/c1-11-6-12(2)10-16(9-11)18(19)17-14(4)7-13(3)8-15(17)5/h6-10,18H,1-5H3. The first-order valence-corrected chi connectivity index (χ1v) is 7.12. The van der Waals surface area contributed by atoms with Gasteiger partial charge in [0.15, 0.2) is 0 Å². The highest BCUT2D eigenvalue weighted by atomic mass is 35.5. The highest BCUT2D eigenvalue weighted by Crippen LogP contribution is 2.34. The number of halogens is 1. The molecule has 0 saturated heterocycles. The van der Waals surface area contributed by atoms with E-state index in [9.17, 15) is 0 Å². The quantitative estimate of drug-likeness (QED) is 0.628. The molecule has 0 aliphatic heterocycles. The molecule has 1 unspecified atom stereocenters. The fraction of sp³-hybridized carbons (Fsp3) is 0.333. The Bertz CT molecular complexity index is 568. The van der Waals surface area contributed by atoms with Gasteiger partial charge in [-0.3, -0.25) is 0 Å². The van der Waals surface area contributed by atoms with Crippen LogP contribution < -0.4 is 0 Å². The summed E-state index contributed by atoms with van der Waals surface area (Å²) in [5.41, 5.74) is 8.81. The molecule has 2 aromatic carbocycles. The highest BCUT2D eigenvalue weighted by Gasteiger charge is 2.16. The largest absolute Gasteiger partial charge is 0.113 e. The zero-order valence-corrected chi connectivity index (χ0v) is 13.1. The number of aryl methyl sites for hydroxylation is 5. The van der Waals surface area contributed by atoms with Gasteiger partial charge >= 0.3 is 0 Å². The topological polar surface area (TPSA) is 0 Å². The molecular weight excluding hydrogens is 252 g/mol. The number of alkyl halides is 1. The molecule has 0 radical (unpaired) electrons. The summed E-state index contributed by atoms with van der Waals surface area (Å²) in [5, 5.41) is -0.0702. The molecule has 1 atom stereocenters. The van der Waals surface area contributed by atoms with Crippen molar-refractivity contribution >= 4 is 11.6 Å². The summed E-state index contributed by atoms with van der Waals surface area (Å²) in [6, 6.07) is 11.0. The van der Waals surface area contributed by atoms with Gasteiger partial charge in [-0.15, -0.1) is 11.6 Å². The summed E-state index contributed by atoms with van der Waals surface area (Å²) in [7, 11) is 0. The van der Waals surface area contributed by atoms with Crippen LogP contribution in [0.3, 0.4) is 0 Å². The van der Waals surface area contributed by atoms with Gasteiger partial charge in [0.05, 0.1) is 5.38 Å². The minimum Gasteiger partial charge on any atom is -0.113 e. The van der Waals surface area contributed by atoms with E-state index in [1.54, 1.807) is 0 Å². The van der Waals surface area contributed by atoms with Gasteiger partial charge in [0.2, 0.25) is 0 Å². The van der Waals surface area contributed by atoms with Gasteiger partial charge in [0.25, 0.3) is 0 Å². The fourth-order valence-electron chi connectivity index (χ4n) is 2.91. The smallest absolute Gasteiger partial charge is 0.0840 e. The molecule has 0 aliphatic carbocycles. The second kappa shape index (κ2) is 5.38. The summed E-state index contributed by atoms with van der Waals surface area (Å²) in [4.78, 5) is 0. The lowest BCUT2D eigenvalue weighted by atomic mass is 9.92. The van der Waals surface area contributed by atoms with E-state index < -0.39 is 0 Å². The summed E-state index contributed by atoms with van der Waals surface area (Å²) in [6.45, 7) is 10.7. The minimum atomic E-state index is -0.0702. The lowest BCUT2D eigenvalue weighted by molar-refractivity contribution is 1.07. The van der Waals surface area contributed by atoms with Crippen molar-refractivity contribution in [2.24, 2.45) is 0 Å². The molecule has 0 aromatic heterocycles. The van der Waals surface area contributed by atoms with Crippen molar-refractivity contribution in [2.45, 2.75) is 40.0 Å². The Kier molecular flexibility index (Phi) is 4.01. The molecule has 0 heterocycles. The van der Waals surface area contributed by atoms with Crippen molar-refractivity contribution in [3.05, 3.63) is 69.3 Å². The Balaban J connectivity index is 2.52. The summed E-state index contributed by atoms with van der Waals surface area (Å²) >= 11 is 6.74. The molecular formula is C18H21Cl. The van der Waals surface area contributed by atoms with Crippen LogP contribution in [0.1, 0.15) is 44.3 Å². The third-order valence-corrected chi connectivity index (χ3v) is 4.00. The van der Waals surface area contributed by atoms with Gasteiger partial charge in [-0.25, -0.2) is 0 Å². The van der Waals surface area contributed by atoms with Crippen LogP contribution in [-0.2, 0) is 0 Å². The maximum absolute atomic E-state index is 6.74. The minimum absolute atomic E-state index is 0.0702. The Labute approximate surface area is 121 Å². The molecule has 0 spiro atoms. The van der Waals surface area contributed by atoms with Crippen LogP contribution in [0.15, 0.2) is 30.3 Å².